The predicted octanol–water partition coefficient (Wildman–Crippen LogP) is 0.994. The van der Waals surface area contributed by atoms with Crippen molar-refractivity contribution >= 4 is 12.0 Å². The number of nitrogens with one attached hydrogen (secondary N) is 1. The van der Waals surface area contributed by atoms with Crippen LogP contribution in [0.4, 0.5) is 4.79 Å². The zero-order chi connectivity index (χ0) is 13.6. The fraction of sp³-hybridized carbons (Fsp3) is 0.818. The Morgan fingerprint density at radius 1 is 1.29 bits per heavy atom. The van der Waals surface area contributed by atoms with E-state index >= 15 is 0 Å². The third kappa shape index (κ3) is 5.04. The number of hydrazine groups is 1. The Hall–Kier alpha value is -1.30. The average molecular weight is 245 g/mol. The van der Waals surface area contributed by atoms with Gasteiger partial charge >= 0.3 is 6.09 Å². The molecule has 6 heteroatoms. The highest BCUT2D eigenvalue weighted by Gasteiger charge is 2.29. The molecule has 0 aromatic heterocycles. The van der Waals surface area contributed by atoms with Gasteiger partial charge in [-0.15, -0.1) is 0 Å². The van der Waals surface area contributed by atoms with Gasteiger partial charge in [-0.1, -0.05) is 20.8 Å². The highest BCUT2D eigenvalue weighted by atomic mass is 16.4. The molecule has 6 nitrogen and oxygen atoms in total. The summed E-state index contributed by atoms with van der Waals surface area (Å²) < 4.78 is 0. The monoisotopic (exact) mass is 245 g/mol. The summed E-state index contributed by atoms with van der Waals surface area (Å²) in [5.41, 5.74) is 0. The van der Waals surface area contributed by atoms with E-state index in [-0.39, 0.29) is 11.8 Å². The van der Waals surface area contributed by atoms with E-state index in [1.165, 1.54) is 0 Å². The lowest BCUT2D eigenvalue weighted by Crippen LogP contribution is -2.54. The normalized spacial score (nSPS) is 12.6. The third-order valence-corrected chi connectivity index (χ3v) is 2.38. The first-order valence-electron chi connectivity index (χ1n) is 5.79. The summed E-state index contributed by atoms with van der Waals surface area (Å²) in [5.74, 6) is -0.299. The van der Waals surface area contributed by atoms with Crippen molar-refractivity contribution in [3.63, 3.8) is 0 Å². The Balaban J connectivity index is 4.83. The molecule has 0 aromatic rings. The Morgan fingerprint density at radius 3 is 2.12 bits per heavy atom. The molecule has 0 bridgehead atoms. The molecule has 0 radical (unpaired) electrons. The maximum Gasteiger partial charge on any atom is 0.405 e. The summed E-state index contributed by atoms with van der Waals surface area (Å²) >= 11 is 0. The molecule has 0 heterocycles. The van der Waals surface area contributed by atoms with Gasteiger partial charge in [-0.05, 0) is 12.3 Å². The van der Waals surface area contributed by atoms with Crippen molar-refractivity contribution in [3.05, 3.63) is 0 Å². The van der Waals surface area contributed by atoms with Gasteiger partial charge in [0, 0.05) is 20.6 Å². The minimum atomic E-state index is -1.17. The second-order valence-electron chi connectivity index (χ2n) is 4.48. The second kappa shape index (κ2) is 7.11. The minimum absolute atomic E-state index is 0.0853. The lowest BCUT2D eigenvalue weighted by molar-refractivity contribution is -0.148. The van der Waals surface area contributed by atoms with Gasteiger partial charge in [0.05, 0.1) is 0 Å². The molecule has 2 N–H and O–H groups in total. The van der Waals surface area contributed by atoms with Crippen LogP contribution in [-0.4, -0.2) is 53.8 Å². The van der Waals surface area contributed by atoms with E-state index in [1.54, 1.807) is 24.1 Å². The van der Waals surface area contributed by atoms with Crippen LogP contribution in [0.5, 0.6) is 0 Å². The van der Waals surface area contributed by atoms with E-state index in [0.29, 0.717) is 6.54 Å². The molecule has 0 saturated heterocycles. The quantitative estimate of drug-likeness (QED) is 0.685. The maximum atomic E-state index is 12.2. The van der Waals surface area contributed by atoms with Crippen molar-refractivity contribution in [2.75, 3.05) is 20.6 Å². The number of amides is 2. The number of carboxylic acid groups (broad SMARTS) is 1. The van der Waals surface area contributed by atoms with E-state index in [0.717, 1.165) is 6.42 Å². The smallest absolute Gasteiger partial charge is 0.405 e. The molecule has 0 aliphatic heterocycles. The van der Waals surface area contributed by atoms with E-state index in [4.69, 9.17) is 5.11 Å². The molecule has 0 aliphatic carbocycles. The molecule has 1 unspecified atom stereocenters. The molecule has 0 saturated carbocycles. The largest absolute Gasteiger partial charge is 0.465 e. The summed E-state index contributed by atoms with van der Waals surface area (Å²) in [6.45, 7) is 6.19. The van der Waals surface area contributed by atoms with E-state index in [1.807, 2.05) is 20.8 Å². The van der Waals surface area contributed by atoms with Gasteiger partial charge in [0.1, 0.15) is 6.04 Å². The van der Waals surface area contributed by atoms with Crippen molar-refractivity contribution < 1.29 is 14.7 Å². The number of hydrogen-bond donors (Lipinski definition) is 2. The summed E-state index contributed by atoms with van der Waals surface area (Å²) in [6.07, 6.45) is -0.353. The Morgan fingerprint density at radius 2 is 1.82 bits per heavy atom. The molecular weight excluding hydrogens is 222 g/mol. The Kier molecular flexibility index (Phi) is 6.57. The molecule has 1 atom stereocenters. The van der Waals surface area contributed by atoms with E-state index in [9.17, 15) is 9.59 Å². The standard InChI is InChI=1S/C11H23N3O3/c1-6-7-14(13(4)5)10(15)9(8(2)3)12-11(16)17/h8-9,12H,6-7H2,1-5H3,(H,16,17). The summed E-state index contributed by atoms with van der Waals surface area (Å²) in [7, 11) is 3.54. The van der Waals surface area contributed by atoms with Gasteiger partial charge in [-0.3, -0.25) is 9.80 Å². The number of nitrogens with zero attached hydrogens (tertiary/aromatic N) is 2. The van der Waals surface area contributed by atoms with Crippen LogP contribution in [0.15, 0.2) is 0 Å². The zero-order valence-corrected chi connectivity index (χ0v) is 11.2. The molecule has 0 aromatic carbocycles. The van der Waals surface area contributed by atoms with Gasteiger partial charge in [-0.2, -0.15) is 0 Å². The van der Waals surface area contributed by atoms with E-state index in [2.05, 4.69) is 5.32 Å². The first-order chi connectivity index (χ1) is 7.81. The summed E-state index contributed by atoms with van der Waals surface area (Å²) in [6, 6.07) is -0.707. The van der Waals surface area contributed by atoms with E-state index < -0.39 is 12.1 Å². The second-order valence-corrected chi connectivity index (χ2v) is 4.48. The van der Waals surface area contributed by atoms with Crippen LogP contribution in [-0.2, 0) is 4.79 Å². The number of carbonyl (C=O) groups excluding carboxylic acids is 1. The topological polar surface area (TPSA) is 72.9 Å². The summed E-state index contributed by atoms with van der Waals surface area (Å²) in [5, 5.41) is 14.2. The van der Waals surface area contributed by atoms with Crippen LogP contribution in [0.2, 0.25) is 0 Å². The van der Waals surface area contributed by atoms with Crippen molar-refractivity contribution in [1.82, 2.24) is 15.3 Å². The van der Waals surface area contributed by atoms with Gasteiger partial charge in [0.15, 0.2) is 0 Å². The van der Waals surface area contributed by atoms with Crippen LogP contribution >= 0.6 is 0 Å². The lowest BCUT2D eigenvalue weighted by Gasteiger charge is -2.33. The molecule has 17 heavy (non-hydrogen) atoms. The third-order valence-electron chi connectivity index (χ3n) is 2.38. The van der Waals surface area contributed by atoms with Crippen molar-refractivity contribution in [3.8, 4) is 0 Å². The summed E-state index contributed by atoms with van der Waals surface area (Å²) in [4.78, 5) is 22.9. The van der Waals surface area contributed by atoms with Gasteiger partial charge in [0.2, 0.25) is 0 Å². The fourth-order valence-corrected chi connectivity index (χ4v) is 1.53. The van der Waals surface area contributed by atoms with Crippen LogP contribution in [0.1, 0.15) is 27.2 Å². The van der Waals surface area contributed by atoms with Crippen LogP contribution in [0, 0.1) is 5.92 Å². The van der Waals surface area contributed by atoms with Crippen molar-refractivity contribution in [2.24, 2.45) is 5.92 Å². The number of rotatable bonds is 6. The first kappa shape index (κ1) is 15.7. The van der Waals surface area contributed by atoms with Crippen LogP contribution in [0.3, 0.4) is 0 Å². The molecule has 2 amide bonds. The van der Waals surface area contributed by atoms with Crippen LogP contribution in [0.25, 0.3) is 0 Å². The van der Waals surface area contributed by atoms with Gasteiger partial charge in [-0.25, -0.2) is 9.80 Å². The highest BCUT2D eigenvalue weighted by Crippen LogP contribution is 2.08. The average Bonchev–Trinajstić information content (AvgIpc) is 2.20. The molecule has 0 spiro atoms. The molecule has 0 rings (SSSR count). The molecule has 100 valence electrons. The number of carbonyl (C=O) groups is 2. The minimum Gasteiger partial charge on any atom is -0.465 e. The number of hydrogen-bond acceptors (Lipinski definition) is 3. The van der Waals surface area contributed by atoms with Gasteiger partial charge < -0.3 is 10.4 Å². The Bertz CT molecular complexity index is 267. The Labute approximate surface area is 103 Å². The molecule has 0 aliphatic rings. The fourth-order valence-electron chi connectivity index (χ4n) is 1.53. The van der Waals surface area contributed by atoms with Gasteiger partial charge in [0.25, 0.3) is 5.91 Å². The maximum absolute atomic E-state index is 12.2. The molecular formula is C11H23N3O3. The SMILES string of the molecule is CCCN(C(=O)C(NC(=O)O)C(C)C)N(C)C. The highest BCUT2D eigenvalue weighted by molar-refractivity contribution is 5.85. The molecule has 0 fully saturated rings. The first-order valence-corrected chi connectivity index (χ1v) is 5.79. The zero-order valence-electron chi connectivity index (χ0n) is 11.2. The lowest BCUT2D eigenvalue weighted by atomic mass is 10.0. The predicted molar refractivity (Wildman–Crippen MR) is 65.5 cm³/mol. The van der Waals surface area contributed by atoms with Crippen molar-refractivity contribution in [2.45, 2.75) is 33.2 Å². The van der Waals surface area contributed by atoms with Crippen LogP contribution < -0.4 is 5.32 Å². The van der Waals surface area contributed by atoms with Crippen molar-refractivity contribution in [1.29, 1.82) is 0 Å².